The highest BCUT2D eigenvalue weighted by atomic mass is 17.0. The Labute approximate surface area is 156 Å². The fourth-order valence-corrected chi connectivity index (χ4v) is 2.14. The molecule has 0 heterocycles. The van der Waals surface area contributed by atoms with Crippen LogP contribution in [0.15, 0.2) is 0 Å². The lowest BCUT2D eigenvalue weighted by molar-refractivity contribution is -0.758. The van der Waals surface area contributed by atoms with Crippen LogP contribution in [0.2, 0.25) is 0 Å². The molecule has 12 heteroatoms. The number of aliphatic carboxylic acids is 1. The standard InChI is InChI=1S/C15H26N2O10/c1-10(2)6-12(7-13(18)19)8-16-15(21)27-11(3)26-14(20)9-24-4-5-25-17(22)23/h10-12H,4-9H2,1-3H3,(H,16,21)(H,18,19)/t11?,12-/m0/s1. The molecule has 1 unspecified atom stereocenters. The van der Waals surface area contributed by atoms with E-state index in [-0.39, 0.29) is 38.0 Å². The predicted molar refractivity (Wildman–Crippen MR) is 89.0 cm³/mol. The fraction of sp³-hybridized carbons (Fsp3) is 0.800. The second kappa shape index (κ2) is 13.6. The van der Waals surface area contributed by atoms with Crippen LogP contribution >= 0.6 is 0 Å². The van der Waals surface area contributed by atoms with E-state index in [0.29, 0.717) is 6.42 Å². The molecule has 0 aromatic rings. The zero-order chi connectivity index (χ0) is 20.8. The van der Waals surface area contributed by atoms with E-state index in [2.05, 4.69) is 10.2 Å². The van der Waals surface area contributed by atoms with Gasteiger partial charge in [0.15, 0.2) is 0 Å². The number of hydrogen-bond acceptors (Lipinski definition) is 9. The van der Waals surface area contributed by atoms with E-state index in [4.69, 9.17) is 19.3 Å². The van der Waals surface area contributed by atoms with Gasteiger partial charge in [0, 0.05) is 19.9 Å². The molecule has 0 fully saturated rings. The molecule has 0 aromatic carbocycles. The summed E-state index contributed by atoms with van der Waals surface area (Å²) in [6.07, 6.45) is -1.51. The Balaban J connectivity index is 4.05. The number of esters is 1. The number of hydrogen-bond donors (Lipinski definition) is 2. The Bertz CT molecular complexity index is 497. The Hall–Kier alpha value is -2.63. The number of rotatable bonds is 14. The molecule has 12 nitrogen and oxygen atoms in total. The number of nitrogens with zero attached hydrogens (tertiary/aromatic N) is 1. The van der Waals surface area contributed by atoms with Gasteiger partial charge in [-0.3, -0.25) is 4.79 Å². The molecule has 0 saturated carbocycles. The second-order valence-corrected chi connectivity index (χ2v) is 6.05. The van der Waals surface area contributed by atoms with E-state index in [1.807, 2.05) is 13.8 Å². The van der Waals surface area contributed by atoms with Gasteiger partial charge in [-0.05, 0) is 18.3 Å². The van der Waals surface area contributed by atoms with Crippen molar-refractivity contribution in [2.45, 2.75) is 39.9 Å². The van der Waals surface area contributed by atoms with Crippen LogP contribution in [0.4, 0.5) is 4.79 Å². The third kappa shape index (κ3) is 15.3. The summed E-state index contributed by atoms with van der Waals surface area (Å²) in [5, 5.41) is 20.2. The molecule has 0 rings (SSSR count). The molecule has 0 aliphatic rings. The number of amides is 1. The van der Waals surface area contributed by atoms with E-state index in [1.165, 1.54) is 6.92 Å². The van der Waals surface area contributed by atoms with Crippen molar-refractivity contribution in [1.82, 2.24) is 5.32 Å². The first kappa shape index (κ1) is 24.4. The average Bonchev–Trinajstić information content (AvgIpc) is 2.50. The average molecular weight is 394 g/mol. The largest absolute Gasteiger partial charge is 0.481 e. The minimum absolute atomic E-state index is 0.0828. The third-order valence-electron chi connectivity index (χ3n) is 3.02. The van der Waals surface area contributed by atoms with E-state index < -0.39 is 36.0 Å². The quantitative estimate of drug-likeness (QED) is 0.143. The lowest BCUT2D eigenvalue weighted by Crippen LogP contribution is -2.34. The minimum atomic E-state index is -1.20. The summed E-state index contributed by atoms with van der Waals surface area (Å²) in [6, 6.07) is 0. The second-order valence-electron chi connectivity index (χ2n) is 6.05. The molecule has 0 radical (unpaired) electrons. The van der Waals surface area contributed by atoms with Crippen molar-refractivity contribution >= 4 is 18.0 Å². The number of ether oxygens (including phenoxy) is 3. The zero-order valence-electron chi connectivity index (χ0n) is 15.5. The smallest absolute Gasteiger partial charge is 0.410 e. The molecule has 27 heavy (non-hydrogen) atoms. The molecule has 0 aliphatic heterocycles. The Morgan fingerprint density at radius 3 is 2.37 bits per heavy atom. The molecule has 2 atom stereocenters. The normalized spacial score (nSPS) is 12.7. The van der Waals surface area contributed by atoms with Crippen molar-refractivity contribution in [2.24, 2.45) is 11.8 Å². The van der Waals surface area contributed by atoms with Gasteiger partial charge in [0.2, 0.25) is 6.29 Å². The summed E-state index contributed by atoms with van der Waals surface area (Å²) in [4.78, 5) is 47.9. The number of nitrogens with one attached hydrogen (secondary N) is 1. The Morgan fingerprint density at radius 2 is 1.81 bits per heavy atom. The van der Waals surface area contributed by atoms with E-state index in [9.17, 15) is 24.5 Å². The first-order valence-corrected chi connectivity index (χ1v) is 8.31. The summed E-state index contributed by atoms with van der Waals surface area (Å²) in [5.41, 5.74) is 0. The summed E-state index contributed by atoms with van der Waals surface area (Å²) in [5.74, 6) is -1.77. The first-order valence-electron chi connectivity index (χ1n) is 8.31. The molecule has 2 N–H and O–H groups in total. The lowest BCUT2D eigenvalue weighted by Gasteiger charge is -2.19. The maximum Gasteiger partial charge on any atom is 0.410 e. The van der Waals surface area contributed by atoms with Crippen LogP contribution in [-0.2, 0) is 28.6 Å². The maximum absolute atomic E-state index is 11.7. The molecule has 156 valence electrons. The summed E-state index contributed by atoms with van der Waals surface area (Å²) >= 11 is 0. The topological polar surface area (TPSA) is 164 Å². The highest BCUT2D eigenvalue weighted by Gasteiger charge is 2.18. The van der Waals surface area contributed by atoms with Gasteiger partial charge in [-0.2, -0.15) is 0 Å². The molecular formula is C15H26N2O10. The van der Waals surface area contributed by atoms with Gasteiger partial charge in [0.1, 0.15) is 13.2 Å². The predicted octanol–water partition coefficient (Wildman–Crippen LogP) is 0.964. The SMILES string of the molecule is CC(C)C[C@H](CNC(=O)OC(C)OC(=O)COCCO[N+](=O)[O-])CC(=O)O. The number of carbonyl (C=O) groups excluding carboxylic acids is 2. The Kier molecular flexibility index (Phi) is 12.2. The van der Waals surface area contributed by atoms with Crippen molar-refractivity contribution < 1.29 is 43.6 Å². The van der Waals surface area contributed by atoms with Crippen LogP contribution in [0.1, 0.15) is 33.6 Å². The highest BCUT2D eigenvalue weighted by Crippen LogP contribution is 2.14. The van der Waals surface area contributed by atoms with Crippen LogP contribution in [-0.4, -0.2) is 60.9 Å². The molecule has 0 bridgehead atoms. The maximum atomic E-state index is 11.7. The Morgan fingerprint density at radius 1 is 1.15 bits per heavy atom. The highest BCUT2D eigenvalue weighted by molar-refractivity contribution is 5.71. The summed E-state index contributed by atoms with van der Waals surface area (Å²) in [6.45, 7) is 4.31. The molecule has 0 spiro atoms. The summed E-state index contributed by atoms with van der Waals surface area (Å²) in [7, 11) is 0. The molecule has 0 aliphatic carbocycles. The van der Waals surface area contributed by atoms with Gasteiger partial charge in [0.05, 0.1) is 6.61 Å². The molecule has 0 saturated heterocycles. The van der Waals surface area contributed by atoms with E-state index in [0.717, 1.165) is 0 Å². The van der Waals surface area contributed by atoms with Crippen LogP contribution in [0.3, 0.4) is 0 Å². The van der Waals surface area contributed by atoms with Crippen LogP contribution < -0.4 is 5.32 Å². The van der Waals surface area contributed by atoms with Gasteiger partial charge in [0.25, 0.3) is 5.09 Å². The number of alkyl carbamates (subject to hydrolysis) is 1. The van der Waals surface area contributed by atoms with E-state index in [1.54, 1.807) is 0 Å². The molecule has 1 amide bonds. The first-order chi connectivity index (χ1) is 12.6. The van der Waals surface area contributed by atoms with Gasteiger partial charge >= 0.3 is 18.0 Å². The lowest BCUT2D eigenvalue weighted by atomic mass is 9.94. The van der Waals surface area contributed by atoms with Crippen molar-refractivity contribution in [3.8, 4) is 0 Å². The van der Waals surface area contributed by atoms with Crippen molar-refractivity contribution in [2.75, 3.05) is 26.4 Å². The van der Waals surface area contributed by atoms with Crippen LogP contribution in [0, 0.1) is 22.0 Å². The van der Waals surface area contributed by atoms with Crippen LogP contribution in [0.5, 0.6) is 0 Å². The van der Waals surface area contributed by atoms with Gasteiger partial charge in [-0.1, -0.05) is 13.8 Å². The number of carbonyl (C=O) groups is 3. The number of carboxylic acid groups (broad SMARTS) is 1. The van der Waals surface area contributed by atoms with Crippen LogP contribution in [0.25, 0.3) is 0 Å². The minimum Gasteiger partial charge on any atom is -0.481 e. The zero-order valence-corrected chi connectivity index (χ0v) is 15.5. The van der Waals surface area contributed by atoms with Crippen molar-refractivity contribution in [3.05, 3.63) is 10.1 Å². The van der Waals surface area contributed by atoms with Crippen molar-refractivity contribution in [1.29, 1.82) is 0 Å². The van der Waals surface area contributed by atoms with Crippen molar-refractivity contribution in [3.63, 3.8) is 0 Å². The fourth-order valence-electron chi connectivity index (χ4n) is 2.14. The molecule has 0 aromatic heterocycles. The van der Waals surface area contributed by atoms with Gasteiger partial charge in [-0.25, -0.2) is 9.59 Å². The van der Waals surface area contributed by atoms with Gasteiger partial charge < -0.3 is 29.5 Å². The third-order valence-corrected chi connectivity index (χ3v) is 3.02. The number of carboxylic acids is 1. The monoisotopic (exact) mass is 394 g/mol. The van der Waals surface area contributed by atoms with Gasteiger partial charge in [-0.15, -0.1) is 10.1 Å². The summed E-state index contributed by atoms with van der Waals surface area (Å²) < 4.78 is 14.4. The van der Waals surface area contributed by atoms with E-state index >= 15 is 0 Å². The molecular weight excluding hydrogens is 368 g/mol.